The van der Waals surface area contributed by atoms with E-state index in [1.54, 1.807) is 20.3 Å². The summed E-state index contributed by atoms with van der Waals surface area (Å²) in [7, 11) is 3.21. The Balaban J connectivity index is 1.38. The summed E-state index contributed by atoms with van der Waals surface area (Å²) in [4.78, 5) is 46.8. The number of methoxy groups -OCH3 is 2. The summed E-state index contributed by atoms with van der Waals surface area (Å²) in [5, 5.41) is 27.7. The van der Waals surface area contributed by atoms with E-state index in [4.69, 9.17) is 9.47 Å². The molecule has 9 heteroatoms. The molecule has 0 saturated heterocycles. The first kappa shape index (κ1) is 41.7. The van der Waals surface area contributed by atoms with Gasteiger partial charge in [0.15, 0.2) is 0 Å². The minimum absolute atomic E-state index is 0.0130. The number of ether oxygens (including phenoxy) is 2. The molecule has 3 amide bonds. The number of aliphatic hydroxyl groups is 2. The number of anilines is 1. The van der Waals surface area contributed by atoms with E-state index in [1.165, 1.54) is 4.90 Å². The lowest BCUT2D eigenvalue weighted by Crippen LogP contribution is -2.45. The zero-order valence-corrected chi connectivity index (χ0v) is 35.4. The van der Waals surface area contributed by atoms with Crippen LogP contribution in [-0.4, -0.2) is 73.4 Å². The molecule has 7 rings (SSSR count). The van der Waals surface area contributed by atoms with Crippen LogP contribution in [0.25, 0.3) is 43.1 Å². The Kier molecular flexibility index (Phi) is 12.8. The summed E-state index contributed by atoms with van der Waals surface area (Å²) in [6.07, 6.45) is 12.5. The van der Waals surface area contributed by atoms with Crippen molar-refractivity contribution in [3.05, 3.63) is 53.1 Å². The monoisotopic (exact) mass is 790 g/mol. The molecule has 0 aromatic heterocycles. The molecule has 0 radical (unpaired) electrons. The normalized spacial score (nSPS) is 15.2. The van der Waals surface area contributed by atoms with E-state index in [9.17, 15) is 24.6 Å². The maximum Gasteiger partial charge on any atom is 0.261 e. The fourth-order valence-electron chi connectivity index (χ4n) is 10.3. The van der Waals surface area contributed by atoms with Crippen LogP contribution in [0.5, 0.6) is 11.5 Å². The van der Waals surface area contributed by atoms with Gasteiger partial charge in [-0.25, -0.2) is 0 Å². The lowest BCUT2D eigenvalue weighted by molar-refractivity contribution is 0.0514. The first-order chi connectivity index (χ1) is 28.2. The van der Waals surface area contributed by atoms with Gasteiger partial charge in [-0.3, -0.25) is 19.3 Å². The van der Waals surface area contributed by atoms with Gasteiger partial charge in [0, 0.05) is 76.0 Å². The number of carbonyl (C=O) groups is 3. The molecule has 2 N–H and O–H groups in total. The molecule has 0 fully saturated rings. The first-order valence-corrected chi connectivity index (χ1v) is 22.0. The molecule has 0 saturated carbocycles. The van der Waals surface area contributed by atoms with Gasteiger partial charge in [0.1, 0.15) is 11.5 Å². The molecule has 0 bridgehead atoms. The smallest absolute Gasteiger partial charge is 0.261 e. The molecule has 2 atom stereocenters. The van der Waals surface area contributed by atoms with Gasteiger partial charge in [0.25, 0.3) is 17.7 Å². The predicted molar refractivity (Wildman–Crippen MR) is 234 cm³/mol. The molecule has 0 aliphatic carbocycles. The summed E-state index contributed by atoms with van der Waals surface area (Å²) < 4.78 is 12.2. The highest BCUT2D eigenvalue weighted by atomic mass is 16.5. The van der Waals surface area contributed by atoms with E-state index in [-0.39, 0.29) is 55.2 Å². The average molecular weight is 791 g/mol. The average Bonchev–Trinajstić information content (AvgIpc) is 3.52. The highest BCUT2D eigenvalue weighted by Crippen LogP contribution is 2.53. The van der Waals surface area contributed by atoms with Gasteiger partial charge >= 0.3 is 0 Å². The molecule has 310 valence electrons. The Bertz CT molecular complexity index is 2300. The third-order valence-corrected chi connectivity index (χ3v) is 13.5. The molecular weight excluding hydrogens is 729 g/mol. The Morgan fingerprint density at radius 3 is 1.38 bits per heavy atom. The zero-order valence-electron chi connectivity index (χ0n) is 35.4. The van der Waals surface area contributed by atoms with Gasteiger partial charge in [-0.1, -0.05) is 117 Å². The Hall–Kier alpha value is -4.47. The van der Waals surface area contributed by atoms with Gasteiger partial charge in [-0.15, -0.1) is 0 Å². The van der Waals surface area contributed by atoms with E-state index >= 15 is 0 Å². The second-order valence-corrected chi connectivity index (χ2v) is 16.9. The summed E-state index contributed by atoms with van der Waals surface area (Å²) in [6, 6.07) is 11.4. The van der Waals surface area contributed by atoms with Crippen LogP contribution in [0.15, 0.2) is 36.4 Å². The van der Waals surface area contributed by atoms with Crippen molar-refractivity contribution in [1.82, 2.24) is 4.90 Å². The van der Waals surface area contributed by atoms with Gasteiger partial charge in [0.2, 0.25) is 0 Å². The molecule has 0 spiro atoms. The number of carbonyl (C=O) groups excluding carboxylic acids is 3. The number of imide groups is 1. The van der Waals surface area contributed by atoms with Crippen LogP contribution in [0.3, 0.4) is 0 Å². The van der Waals surface area contributed by atoms with Gasteiger partial charge in [0.05, 0.1) is 31.0 Å². The summed E-state index contributed by atoms with van der Waals surface area (Å²) >= 11 is 0. The van der Waals surface area contributed by atoms with Crippen LogP contribution in [-0.2, 0) is 0 Å². The minimum atomic E-state index is -0.384. The fraction of sp³-hybridized carbons (Fsp3) is 0.531. The van der Waals surface area contributed by atoms with Crippen molar-refractivity contribution in [3.63, 3.8) is 0 Å². The number of hydrogen-bond acceptors (Lipinski definition) is 7. The Morgan fingerprint density at radius 2 is 0.914 bits per heavy atom. The second kappa shape index (κ2) is 17.8. The summed E-state index contributed by atoms with van der Waals surface area (Å²) in [5.41, 5.74) is 2.22. The number of benzene rings is 5. The molecule has 2 heterocycles. The molecule has 5 aromatic carbocycles. The van der Waals surface area contributed by atoms with Crippen molar-refractivity contribution in [2.75, 3.05) is 45.4 Å². The molecular formula is C49H62N2O7. The van der Waals surface area contributed by atoms with Crippen LogP contribution in [0.4, 0.5) is 5.69 Å². The molecule has 2 aliphatic heterocycles. The van der Waals surface area contributed by atoms with Crippen LogP contribution in [0.2, 0.25) is 0 Å². The Morgan fingerprint density at radius 1 is 0.500 bits per heavy atom. The van der Waals surface area contributed by atoms with Crippen molar-refractivity contribution < 1.29 is 34.1 Å². The van der Waals surface area contributed by atoms with Crippen LogP contribution < -0.4 is 14.4 Å². The van der Waals surface area contributed by atoms with E-state index in [0.717, 1.165) is 120 Å². The number of fused-ring (bicyclic) bond motifs is 2. The van der Waals surface area contributed by atoms with Gasteiger partial charge in [-0.2, -0.15) is 0 Å². The topological polar surface area (TPSA) is 117 Å². The quantitative estimate of drug-likeness (QED) is 0.0407. The van der Waals surface area contributed by atoms with Crippen molar-refractivity contribution in [1.29, 1.82) is 0 Å². The van der Waals surface area contributed by atoms with Crippen molar-refractivity contribution >= 4 is 66.5 Å². The predicted octanol–water partition coefficient (Wildman–Crippen LogP) is 10.5. The Labute approximate surface area is 343 Å². The van der Waals surface area contributed by atoms with Gasteiger partial charge < -0.3 is 24.6 Å². The number of hydrogen-bond donors (Lipinski definition) is 2. The standard InChI is InChI=1S/C49H62N2O7/c1-7-11-15-29(16-12-8-2)31(27-52)25-50-38-22-21-34-43-39(57-5)23-36-41-35(47(54)51(49(36)56)26-32(28-53)30(17-13-9-3)18-14-10-4)20-19-33(45(41)43)44-40(58-6)24-37(48(50)55)42(38)46(34)44/h19-24,29-32,52-53H,7-18,25-28H2,1-6H3. The first-order valence-electron chi connectivity index (χ1n) is 22.0. The van der Waals surface area contributed by atoms with Crippen LogP contribution in [0, 0.1) is 23.7 Å². The van der Waals surface area contributed by atoms with E-state index in [0.29, 0.717) is 46.0 Å². The van der Waals surface area contributed by atoms with E-state index in [1.807, 2.05) is 35.2 Å². The molecule has 58 heavy (non-hydrogen) atoms. The highest BCUT2D eigenvalue weighted by Gasteiger charge is 2.40. The SMILES string of the molecule is CCCCC(CCCC)C(CO)CN1C(=O)c2ccc3c4c(OC)cc5c6c(ccc(c7c(OC)cc(c2c37)C1=O)c64)N(CC(CO)C(CCCC)CCCC)C5=O. The second-order valence-electron chi connectivity index (χ2n) is 16.9. The molecule has 9 nitrogen and oxygen atoms in total. The minimum Gasteiger partial charge on any atom is -0.496 e. The highest BCUT2D eigenvalue weighted by molar-refractivity contribution is 6.43. The third kappa shape index (κ3) is 6.96. The van der Waals surface area contributed by atoms with Crippen LogP contribution in [0.1, 0.15) is 136 Å². The lowest BCUT2D eigenvalue weighted by atomic mass is 9.82. The molecule has 2 unspecified atom stereocenters. The largest absolute Gasteiger partial charge is 0.496 e. The molecule has 2 aliphatic rings. The number of amides is 3. The number of nitrogens with zero attached hydrogens (tertiary/aromatic N) is 2. The van der Waals surface area contributed by atoms with Gasteiger partial charge in [-0.05, 0) is 46.9 Å². The molecule has 5 aromatic rings. The van der Waals surface area contributed by atoms with E-state index < -0.39 is 0 Å². The van der Waals surface area contributed by atoms with E-state index in [2.05, 4.69) is 27.7 Å². The van der Waals surface area contributed by atoms with Crippen molar-refractivity contribution in [3.8, 4) is 11.5 Å². The number of aliphatic hydroxyl groups excluding tert-OH is 2. The van der Waals surface area contributed by atoms with Crippen molar-refractivity contribution in [2.24, 2.45) is 23.7 Å². The lowest BCUT2D eigenvalue weighted by Gasteiger charge is -2.34. The third-order valence-electron chi connectivity index (χ3n) is 13.5. The summed E-state index contributed by atoms with van der Waals surface area (Å²) in [6.45, 7) is 9.19. The summed E-state index contributed by atoms with van der Waals surface area (Å²) in [5.74, 6) is 0.445. The maximum absolute atomic E-state index is 14.6. The number of unbranched alkanes of at least 4 members (excludes halogenated alkanes) is 4. The maximum atomic E-state index is 14.6. The number of rotatable bonds is 22. The fourth-order valence-corrected chi connectivity index (χ4v) is 10.3. The van der Waals surface area contributed by atoms with Crippen LogP contribution >= 0.6 is 0 Å². The van der Waals surface area contributed by atoms with Crippen molar-refractivity contribution in [2.45, 2.75) is 105 Å². The zero-order chi connectivity index (χ0) is 41.2.